The van der Waals surface area contributed by atoms with Gasteiger partial charge in [-0.25, -0.2) is 4.21 Å². The Morgan fingerprint density at radius 3 is 2.17 bits per heavy atom. The van der Waals surface area contributed by atoms with Gasteiger partial charge in [-0.3, -0.25) is 0 Å². The fourth-order valence-corrected chi connectivity index (χ4v) is 1.83. The summed E-state index contributed by atoms with van der Waals surface area (Å²) < 4.78 is 64.7. The SMILES string of the molecule is O=S(/N=C/c1ccc(Br)cc1)C(F)(F)C(F)(F)Cl. The van der Waals surface area contributed by atoms with Crippen molar-refractivity contribution in [3.63, 3.8) is 0 Å². The van der Waals surface area contributed by atoms with Gasteiger partial charge < -0.3 is 0 Å². The molecule has 1 unspecified atom stereocenters. The van der Waals surface area contributed by atoms with Crippen LogP contribution in [-0.4, -0.2) is 21.1 Å². The summed E-state index contributed by atoms with van der Waals surface area (Å²) in [4.78, 5) is 0. The molecule has 0 N–H and O–H groups in total. The summed E-state index contributed by atoms with van der Waals surface area (Å²) in [7, 11) is -3.46. The highest BCUT2D eigenvalue weighted by molar-refractivity contribution is 9.10. The predicted octanol–water partition coefficient (Wildman–Crippen LogP) is 3.96. The van der Waals surface area contributed by atoms with E-state index in [0.717, 1.165) is 10.7 Å². The number of nitrogens with zero attached hydrogens (tertiary/aromatic N) is 1. The van der Waals surface area contributed by atoms with Crippen LogP contribution in [0.25, 0.3) is 0 Å². The van der Waals surface area contributed by atoms with E-state index in [9.17, 15) is 21.8 Å². The highest BCUT2D eigenvalue weighted by atomic mass is 79.9. The van der Waals surface area contributed by atoms with Crippen molar-refractivity contribution in [3.05, 3.63) is 34.3 Å². The molecule has 0 aliphatic heterocycles. The van der Waals surface area contributed by atoms with Gasteiger partial charge in [0.2, 0.25) is 11.0 Å². The molecule has 0 saturated heterocycles. The first kappa shape index (κ1) is 15.6. The Balaban J connectivity index is 2.85. The summed E-state index contributed by atoms with van der Waals surface area (Å²) in [5.74, 6) is 0. The molecule has 0 aliphatic rings. The molecular formula is C9H5BrClF4NOS. The molecule has 0 heterocycles. The number of benzene rings is 1. The van der Waals surface area contributed by atoms with Crippen molar-refractivity contribution in [1.29, 1.82) is 0 Å². The van der Waals surface area contributed by atoms with Gasteiger partial charge in [-0.1, -0.05) is 28.1 Å². The zero-order valence-corrected chi connectivity index (χ0v) is 11.6. The highest BCUT2D eigenvalue weighted by Crippen LogP contribution is 2.40. The lowest BCUT2D eigenvalue weighted by atomic mass is 10.2. The minimum absolute atomic E-state index is 0.334. The molecule has 18 heavy (non-hydrogen) atoms. The Morgan fingerprint density at radius 2 is 1.72 bits per heavy atom. The van der Waals surface area contributed by atoms with Gasteiger partial charge in [0, 0.05) is 10.7 Å². The first-order valence-electron chi connectivity index (χ1n) is 4.31. The summed E-state index contributed by atoms with van der Waals surface area (Å²) in [6.07, 6.45) is 0.805. The Morgan fingerprint density at radius 1 is 1.22 bits per heavy atom. The van der Waals surface area contributed by atoms with Gasteiger partial charge in [-0.2, -0.15) is 22.0 Å². The van der Waals surface area contributed by atoms with Crippen LogP contribution < -0.4 is 0 Å². The molecule has 9 heteroatoms. The molecule has 0 aliphatic carbocycles. The zero-order valence-electron chi connectivity index (χ0n) is 8.42. The predicted molar refractivity (Wildman–Crippen MR) is 65.6 cm³/mol. The van der Waals surface area contributed by atoms with Crippen molar-refractivity contribution in [3.8, 4) is 0 Å². The minimum Gasteiger partial charge on any atom is -0.228 e. The van der Waals surface area contributed by atoms with E-state index in [1.807, 2.05) is 0 Å². The molecule has 1 atom stereocenters. The fourth-order valence-electron chi connectivity index (χ4n) is 0.823. The van der Waals surface area contributed by atoms with E-state index in [1.54, 1.807) is 12.1 Å². The van der Waals surface area contributed by atoms with Crippen LogP contribution in [0.3, 0.4) is 0 Å². The lowest BCUT2D eigenvalue weighted by molar-refractivity contribution is -0.0932. The van der Waals surface area contributed by atoms with Crippen LogP contribution in [0.1, 0.15) is 5.56 Å². The van der Waals surface area contributed by atoms with E-state index in [2.05, 4.69) is 31.9 Å². The third-order valence-electron chi connectivity index (χ3n) is 1.72. The van der Waals surface area contributed by atoms with E-state index < -0.39 is 21.6 Å². The molecule has 0 bridgehead atoms. The monoisotopic (exact) mass is 365 g/mol. The maximum absolute atomic E-state index is 12.8. The van der Waals surface area contributed by atoms with Crippen LogP contribution in [0.15, 0.2) is 33.1 Å². The van der Waals surface area contributed by atoms with E-state index in [4.69, 9.17) is 0 Å². The number of hydrogen-bond acceptors (Lipinski definition) is 1. The van der Waals surface area contributed by atoms with Gasteiger partial charge in [0.1, 0.15) is 0 Å². The summed E-state index contributed by atoms with van der Waals surface area (Å²) in [6.45, 7) is 0. The molecule has 0 radical (unpaired) electrons. The number of hydrogen-bond donors (Lipinski definition) is 0. The smallest absolute Gasteiger partial charge is 0.228 e. The normalized spacial score (nSPS) is 15.0. The average molecular weight is 367 g/mol. The molecule has 0 spiro atoms. The van der Waals surface area contributed by atoms with Crippen molar-refractivity contribution < 1.29 is 21.8 Å². The molecule has 0 amide bonds. The van der Waals surface area contributed by atoms with Crippen molar-refractivity contribution >= 4 is 44.7 Å². The topological polar surface area (TPSA) is 29.4 Å². The van der Waals surface area contributed by atoms with Crippen molar-refractivity contribution in [2.45, 2.75) is 10.6 Å². The Bertz CT molecular complexity index is 474. The van der Waals surface area contributed by atoms with E-state index in [0.29, 0.717) is 5.56 Å². The Labute approximate surface area is 116 Å². The molecule has 0 fully saturated rings. The fraction of sp³-hybridized carbons (Fsp3) is 0.222. The van der Waals surface area contributed by atoms with Crippen LogP contribution in [0, 0.1) is 0 Å². The molecule has 100 valence electrons. The minimum atomic E-state index is -4.93. The van der Waals surface area contributed by atoms with Crippen LogP contribution >= 0.6 is 27.5 Å². The van der Waals surface area contributed by atoms with Gasteiger partial charge in [0.15, 0.2) is 0 Å². The Hall–Kier alpha value is -0.470. The molecule has 1 rings (SSSR count). The molecule has 1 aromatic rings. The van der Waals surface area contributed by atoms with Gasteiger partial charge in [-0.05, 0) is 29.3 Å². The van der Waals surface area contributed by atoms with Gasteiger partial charge in [-0.15, -0.1) is 0 Å². The van der Waals surface area contributed by atoms with E-state index >= 15 is 0 Å². The maximum Gasteiger partial charge on any atom is 0.417 e. The molecular weight excluding hydrogens is 362 g/mol. The number of rotatable bonds is 4. The zero-order chi connectivity index (χ0) is 14.0. The summed E-state index contributed by atoms with van der Waals surface area (Å²) in [5, 5.41) is -9.85. The number of alkyl halides is 5. The van der Waals surface area contributed by atoms with Crippen LogP contribution in [0.5, 0.6) is 0 Å². The lowest BCUT2D eigenvalue weighted by Crippen LogP contribution is -2.38. The molecule has 2 nitrogen and oxygen atoms in total. The van der Waals surface area contributed by atoms with Crippen LogP contribution in [0.4, 0.5) is 17.6 Å². The summed E-state index contributed by atoms with van der Waals surface area (Å²) >= 11 is 7.31. The van der Waals surface area contributed by atoms with Crippen molar-refractivity contribution in [2.24, 2.45) is 4.40 Å². The van der Waals surface area contributed by atoms with Crippen molar-refractivity contribution in [1.82, 2.24) is 0 Å². The maximum atomic E-state index is 12.8. The van der Waals surface area contributed by atoms with E-state index in [-0.39, 0.29) is 0 Å². The second-order valence-corrected chi connectivity index (χ2v) is 5.66. The van der Waals surface area contributed by atoms with Crippen LogP contribution in [-0.2, 0) is 11.0 Å². The van der Waals surface area contributed by atoms with Gasteiger partial charge in [0.25, 0.3) is 0 Å². The van der Waals surface area contributed by atoms with Gasteiger partial charge in [0.05, 0.1) is 0 Å². The molecule has 1 aromatic carbocycles. The van der Waals surface area contributed by atoms with Crippen LogP contribution in [0.2, 0.25) is 0 Å². The molecule has 0 aromatic heterocycles. The average Bonchev–Trinajstić information content (AvgIpc) is 2.26. The Kier molecular flexibility index (Phi) is 4.90. The number of halogens is 6. The summed E-state index contributed by atoms with van der Waals surface area (Å²) in [6, 6.07) is 6.11. The highest BCUT2D eigenvalue weighted by Gasteiger charge is 2.60. The largest absolute Gasteiger partial charge is 0.417 e. The lowest BCUT2D eigenvalue weighted by Gasteiger charge is -2.17. The summed E-state index contributed by atoms with van der Waals surface area (Å²) in [5.41, 5.74) is 0.334. The van der Waals surface area contributed by atoms with Crippen molar-refractivity contribution in [2.75, 3.05) is 0 Å². The first-order valence-corrected chi connectivity index (χ1v) is 6.58. The standard InChI is InChI=1S/C9H5BrClF4NOS/c10-7-3-1-6(2-4-7)5-16-18(17)9(14,15)8(11,12)13/h1-5H/b16-5+. The second kappa shape index (κ2) is 5.66. The quantitative estimate of drug-likeness (QED) is 0.451. The van der Waals surface area contributed by atoms with Gasteiger partial charge >= 0.3 is 10.6 Å². The molecule has 0 saturated carbocycles. The second-order valence-electron chi connectivity index (χ2n) is 3.05. The first-order chi connectivity index (χ1) is 8.14. The van der Waals surface area contributed by atoms with E-state index in [1.165, 1.54) is 12.1 Å². The third kappa shape index (κ3) is 3.76. The third-order valence-corrected chi connectivity index (χ3v) is 3.59.